The zero-order chi connectivity index (χ0) is 16.3. The molecule has 0 aromatic heterocycles. The van der Waals surface area contributed by atoms with Crippen molar-refractivity contribution >= 4 is 11.4 Å². The number of nitrogen functional groups attached to an aromatic ring is 2. The average Bonchev–Trinajstić information content (AvgIpc) is 2.43. The van der Waals surface area contributed by atoms with Crippen LogP contribution in [0.25, 0.3) is 11.1 Å². The Balaban J connectivity index is 2.39. The van der Waals surface area contributed by atoms with Gasteiger partial charge < -0.3 is 20.9 Å². The van der Waals surface area contributed by atoms with Crippen molar-refractivity contribution in [2.75, 3.05) is 11.5 Å². The van der Waals surface area contributed by atoms with Gasteiger partial charge in [0.1, 0.15) is 11.5 Å². The molecule has 0 saturated heterocycles. The molecule has 0 amide bonds. The van der Waals surface area contributed by atoms with Crippen molar-refractivity contribution in [1.29, 1.82) is 0 Å². The van der Waals surface area contributed by atoms with E-state index >= 15 is 0 Å². The van der Waals surface area contributed by atoms with Crippen molar-refractivity contribution in [2.24, 2.45) is 0 Å². The average molecular weight is 316 g/mol. The normalized spacial score (nSPS) is 11.0. The van der Waals surface area contributed by atoms with Crippen molar-refractivity contribution in [3.63, 3.8) is 0 Å². The molecule has 0 aliphatic carbocycles. The van der Waals surface area contributed by atoms with Gasteiger partial charge in [-0.05, 0) is 35.4 Å². The number of anilines is 2. The third-order valence-electron chi connectivity index (χ3n) is 2.79. The number of nitrogens with two attached hydrogens (primary N) is 2. The molecule has 8 heteroatoms. The zero-order valence-electron chi connectivity index (χ0n) is 11.1. The van der Waals surface area contributed by atoms with Gasteiger partial charge >= 0.3 is 13.2 Å². The van der Waals surface area contributed by atoms with E-state index in [1.165, 1.54) is 36.4 Å². The van der Waals surface area contributed by atoms with E-state index in [2.05, 4.69) is 9.47 Å². The summed E-state index contributed by atoms with van der Waals surface area (Å²) in [5.74, 6) is -0.415. The highest BCUT2D eigenvalue weighted by Crippen LogP contribution is 2.34. The highest BCUT2D eigenvalue weighted by molar-refractivity contribution is 5.73. The lowest BCUT2D eigenvalue weighted by atomic mass is 10.0. The smallest absolute Gasteiger partial charge is 0.387 e. The van der Waals surface area contributed by atoms with Gasteiger partial charge in [0.15, 0.2) is 0 Å². The van der Waals surface area contributed by atoms with Crippen molar-refractivity contribution < 1.29 is 27.0 Å². The molecule has 0 unspecified atom stereocenters. The molecule has 0 atom stereocenters. The maximum Gasteiger partial charge on any atom is 0.387 e. The summed E-state index contributed by atoms with van der Waals surface area (Å²) in [4.78, 5) is 0. The Bertz CT molecular complexity index is 608. The van der Waals surface area contributed by atoms with E-state index in [0.29, 0.717) is 11.1 Å². The Morgan fingerprint density at radius 3 is 1.36 bits per heavy atom. The molecule has 0 radical (unpaired) electrons. The highest BCUT2D eigenvalue weighted by Gasteiger charge is 2.12. The first-order chi connectivity index (χ1) is 10.4. The quantitative estimate of drug-likeness (QED) is 0.651. The van der Waals surface area contributed by atoms with Crippen molar-refractivity contribution in [2.45, 2.75) is 13.2 Å². The molecule has 22 heavy (non-hydrogen) atoms. The van der Waals surface area contributed by atoms with Gasteiger partial charge in [0.2, 0.25) is 0 Å². The second-order valence-corrected chi connectivity index (χ2v) is 4.26. The zero-order valence-corrected chi connectivity index (χ0v) is 11.1. The van der Waals surface area contributed by atoms with Crippen molar-refractivity contribution in [3.8, 4) is 22.6 Å². The summed E-state index contributed by atoms with van der Waals surface area (Å²) >= 11 is 0. The molecule has 0 fully saturated rings. The van der Waals surface area contributed by atoms with Gasteiger partial charge in [0.05, 0.1) is 11.4 Å². The monoisotopic (exact) mass is 316 g/mol. The summed E-state index contributed by atoms with van der Waals surface area (Å²) in [6.45, 7) is -6.05. The summed E-state index contributed by atoms with van der Waals surface area (Å²) in [7, 11) is 0. The first-order valence-electron chi connectivity index (χ1n) is 6.06. The third-order valence-corrected chi connectivity index (χ3v) is 2.79. The molecule has 0 heterocycles. The van der Waals surface area contributed by atoms with Crippen LogP contribution in [0.15, 0.2) is 36.4 Å². The second kappa shape index (κ2) is 6.42. The molecule has 2 rings (SSSR count). The fourth-order valence-electron chi connectivity index (χ4n) is 1.82. The lowest BCUT2D eigenvalue weighted by Crippen LogP contribution is -2.05. The molecule has 4 nitrogen and oxygen atoms in total. The molecular weight excluding hydrogens is 304 g/mol. The highest BCUT2D eigenvalue weighted by atomic mass is 19.3. The van der Waals surface area contributed by atoms with E-state index in [4.69, 9.17) is 11.5 Å². The Morgan fingerprint density at radius 2 is 1.05 bits per heavy atom. The largest absolute Gasteiger partial charge is 0.433 e. The second-order valence-electron chi connectivity index (χ2n) is 4.26. The van der Waals surface area contributed by atoms with Crippen LogP contribution < -0.4 is 20.9 Å². The molecule has 0 spiro atoms. The fourth-order valence-corrected chi connectivity index (χ4v) is 1.82. The molecule has 118 valence electrons. The number of halogens is 4. The van der Waals surface area contributed by atoms with Crippen LogP contribution in [0, 0.1) is 0 Å². The van der Waals surface area contributed by atoms with Gasteiger partial charge in [-0.3, -0.25) is 0 Å². The van der Waals surface area contributed by atoms with Crippen LogP contribution in [-0.4, -0.2) is 13.2 Å². The number of ether oxygens (including phenoxy) is 2. The van der Waals surface area contributed by atoms with E-state index in [1.54, 1.807) is 0 Å². The topological polar surface area (TPSA) is 70.5 Å². The van der Waals surface area contributed by atoms with Crippen molar-refractivity contribution in [3.05, 3.63) is 36.4 Å². The Morgan fingerprint density at radius 1 is 0.682 bits per heavy atom. The standard InChI is InChI=1S/C14H12F4N2O2/c15-13(16)21-11-5-7(1-3-9(11)19)8-2-4-10(20)12(6-8)22-14(17)18/h1-6,13-14H,19-20H2. The number of alkyl halides is 4. The Kier molecular flexibility index (Phi) is 4.59. The molecule has 0 aliphatic heterocycles. The summed E-state index contributed by atoms with van der Waals surface area (Å²) in [5.41, 5.74) is 12.0. The molecule has 0 aliphatic rings. The van der Waals surface area contributed by atoms with Crippen molar-refractivity contribution in [1.82, 2.24) is 0 Å². The Labute approximate surface area is 123 Å². The summed E-state index contributed by atoms with van der Waals surface area (Å²) in [6, 6.07) is 8.36. The van der Waals surface area contributed by atoms with Crippen LogP contribution in [0.3, 0.4) is 0 Å². The van der Waals surface area contributed by atoms with E-state index in [1.807, 2.05) is 0 Å². The minimum atomic E-state index is -3.03. The minimum absolute atomic E-state index is 0.0311. The molecule has 2 aromatic rings. The van der Waals surface area contributed by atoms with Crippen LogP contribution in [-0.2, 0) is 0 Å². The van der Waals surface area contributed by atoms with Gasteiger partial charge in [0.25, 0.3) is 0 Å². The maximum absolute atomic E-state index is 12.3. The summed E-state index contributed by atoms with van der Waals surface area (Å²) in [5, 5.41) is 0. The van der Waals surface area contributed by atoms with Gasteiger partial charge in [-0.25, -0.2) is 0 Å². The van der Waals surface area contributed by atoms with E-state index < -0.39 is 13.2 Å². The van der Waals surface area contributed by atoms with E-state index in [-0.39, 0.29) is 22.9 Å². The third kappa shape index (κ3) is 3.72. The molecular formula is C14H12F4N2O2. The van der Waals surface area contributed by atoms with E-state index in [9.17, 15) is 17.6 Å². The van der Waals surface area contributed by atoms with Gasteiger partial charge in [-0.15, -0.1) is 0 Å². The molecule has 4 N–H and O–H groups in total. The van der Waals surface area contributed by atoms with Gasteiger partial charge in [-0.2, -0.15) is 17.6 Å². The van der Waals surface area contributed by atoms with Gasteiger partial charge in [0, 0.05) is 0 Å². The van der Waals surface area contributed by atoms with Crippen LogP contribution in [0.1, 0.15) is 0 Å². The fraction of sp³-hybridized carbons (Fsp3) is 0.143. The first kappa shape index (κ1) is 15.7. The number of rotatable bonds is 5. The van der Waals surface area contributed by atoms with Gasteiger partial charge in [-0.1, -0.05) is 12.1 Å². The van der Waals surface area contributed by atoms with Crippen LogP contribution in [0.5, 0.6) is 11.5 Å². The lowest BCUT2D eigenvalue weighted by Gasteiger charge is -2.12. The molecule has 2 aromatic carbocycles. The van der Waals surface area contributed by atoms with Crippen LogP contribution >= 0.6 is 0 Å². The van der Waals surface area contributed by atoms with Crippen LogP contribution in [0.4, 0.5) is 28.9 Å². The molecule has 0 saturated carbocycles. The predicted octanol–water partition coefficient (Wildman–Crippen LogP) is 3.72. The van der Waals surface area contributed by atoms with E-state index in [0.717, 1.165) is 0 Å². The summed E-state index contributed by atoms with van der Waals surface area (Å²) < 4.78 is 57.8. The number of hydrogen-bond donors (Lipinski definition) is 2. The minimum Gasteiger partial charge on any atom is -0.433 e. The lowest BCUT2D eigenvalue weighted by molar-refractivity contribution is -0.0500. The molecule has 0 bridgehead atoms. The maximum atomic E-state index is 12.3. The number of hydrogen-bond acceptors (Lipinski definition) is 4. The number of benzene rings is 2. The Hall–Kier alpha value is -2.64. The summed E-state index contributed by atoms with van der Waals surface area (Å²) in [6.07, 6.45) is 0. The SMILES string of the molecule is Nc1ccc(-c2ccc(N)c(OC(F)F)c2)cc1OC(F)F. The predicted molar refractivity (Wildman–Crippen MR) is 74.0 cm³/mol. The van der Waals surface area contributed by atoms with Crippen LogP contribution in [0.2, 0.25) is 0 Å². The first-order valence-corrected chi connectivity index (χ1v) is 6.06.